The SMILES string of the molecule is O=C1N(Cc2ccc(Br)cc2)C=NC12CC2. The van der Waals surface area contributed by atoms with Crippen molar-refractivity contribution < 1.29 is 4.79 Å². The smallest absolute Gasteiger partial charge is 0.255 e. The highest BCUT2D eigenvalue weighted by atomic mass is 79.9. The summed E-state index contributed by atoms with van der Waals surface area (Å²) >= 11 is 3.39. The summed E-state index contributed by atoms with van der Waals surface area (Å²) in [6, 6.07) is 8.01. The fourth-order valence-electron chi connectivity index (χ4n) is 1.92. The lowest BCUT2D eigenvalue weighted by Gasteiger charge is -2.13. The average Bonchev–Trinajstić information content (AvgIpc) is 3.01. The Morgan fingerprint density at radius 3 is 2.56 bits per heavy atom. The molecule has 16 heavy (non-hydrogen) atoms. The van der Waals surface area contributed by atoms with E-state index in [1.54, 1.807) is 11.2 Å². The molecule has 0 N–H and O–H groups in total. The van der Waals surface area contributed by atoms with Crippen molar-refractivity contribution in [3.63, 3.8) is 0 Å². The van der Waals surface area contributed by atoms with E-state index in [0.29, 0.717) is 6.54 Å². The first-order valence-corrected chi connectivity index (χ1v) is 6.10. The highest BCUT2D eigenvalue weighted by Crippen LogP contribution is 2.43. The van der Waals surface area contributed by atoms with Gasteiger partial charge in [-0.05, 0) is 30.5 Å². The van der Waals surface area contributed by atoms with Crippen molar-refractivity contribution in [1.29, 1.82) is 0 Å². The van der Waals surface area contributed by atoms with E-state index in [9.17, 15) is 4.79 Å². The molecule has 4 heteroatoms. The summed E-state index contributed by atoms with van der Waals surface area (Å²) in [4.78, 5) is 18.0. The fraction of sp³-hybridized carbons (Fsp3) is 0.333. The largest absolute Gasteiger partial charge is 0.297 e. The van der Waals surface area contributed by atoms with Gasteiger partial charge in [0, 0.05) is 4.47 Å². The van der Waals surface area contributed by atoms with E-state index in [4.69, 9.17) is 0 Å². The number of carbonyl (C=O) groups excluding carboxylic acids is 1. The van der Waals surface area contributed by atoms with Crippen molar-refractivity contribution in [3.05, 3.63) is 34.3 Å². The van der Waals surface area contributed by atoms with Crippen LogP contribution in [-0.2, 0) is 11.3 Å². The van der Waals surface area contributed by atoms with Crippen LogP contribution in [-0.4, -0.2) is 22.7 Å². The number of rotatable bonds is 2. The zero-order valence-corrected chi connectivity index (χ0v) is 10.3. The molecular weight excluding hydrogens is 268 g/mol. The molecule has 1 spiro atoms. The predicted octanol–water partition coefficient (Wildman–Crippen LogP) is 2.35. The van der Waals surface area contributed by atoms with Gasteiger partial charge in [0.05, 0.1) is 12.9 Å². The van der Waals surface area contributed by atoms with Gasteiger partial charge in [-0.2, -0.15) is 0 Å². The second-order valence-corrected chi connectivity index (χ2v) is 5.25. The summed E-state index contributed by atoms with van der Waals surface area (Å²) in [5.74, 6) is 0.162. The van der Waals surface area contributed by atoms with Gasteiger partial charge in [0.1, 0.15) is 5.54 Å². The summed E-state index contributed by atoms with van der Waals surface area (Å²) in [5, 5.41) is 0. The summed E-state index contributed by atoms with van der Waals surface area (Å²) in [5.41, 5.74) is 0.774. The number of nitrogens with zero attached hydrogens (tertiary/aromatic N) is 2. The second kappa shape index (κ2) is 3.42. The molecule has 1 fully saturated rings. The van der Waals surface area contributed by atoms with E-state index in [-0.39, 0.29) is 11.4 Å². The Hall–Kier alpha value is -1.16. The summed E-state index contributed by atoms with van der Waals surface area (Å²) in [6.07, 6.45) is 3.52. The molecule has 82 valence electrons. The number of hydrogen-bond acceptors (Lipinski definition) is 2. The van der Waals surface area contributed by atoms with Crippen LogP contribution in [0.25, 0.3) is 0 Å². The van der Waals surface area contributed by atoms with E-state index < -0.39 is 0 Å². The molecule has 1 aromatic rings. The lowest BCUT2D eigenvalue weighted by atomic mass is 10.2. The number of aliphatic imine (C=N–C) groups is 1. The van der Waals surface area contributed by atoms with Crippen molar-refractivity contribution in [1.82, 2.24) is 4.90 Å². The molecule has 3 nitrogen and oxygen atoms in total. The number of hydrogen-bond donors (Lipinski definition) is 0. The van der Waals surface area contributed by atoms with Crippen molar-refractivity contribution in [3.8, 4) is 0 Å². The number of carbonyl (C=O) groups is 1. The van der Waals surface area contributed by atoms with E-state index >= 15 is 0 Å². The van der Waals surface area contributed by atoms with E-state index in [1.165, 1.54) is 0 Å². The maximum atomic E-state index is 12.0. The molecule has 0 aromatic heterocycles. The van der Waals surface area contributed by atoms with Gasteiger partial charge in [-0.3, -0.25) is 14.7 Å². The monoisotopic (exact) mass is 278 g/mol. The molecule has 1 saturated carbocycles. The Kier molecular flexibility index (Phi) is 2.14. The lowest BCUT2D eigenvalue weighted by molar-refractivity contribution is -0.128. The first kappa shape index (κ1) is 10.0. The Balaban J connectivity index is 1.74. The number of benzene rings is 1. The molecule has 1 amide bonds. The van der Waals surface area contributed by atoms with Gasteiger partial charge in [-0.1, -0.05) is 28.1 Å². The van der Waals surface area contributed by atoms with Gasteiger partial charge in [0.25, 0.3) is 5.91 Å². The maximum absolute atomic E-state index is 12.0. The molecular formula is C12H11BrN2O. The van der Waals surface area contributed by atoms with E-state index in [2.05, 4.69) is 20.9 Å². The van der Waals surface area contributed by atoms with Crippen molar-refractivity contribution in [2.24, 2.45) is 4.99 Å². The third kappa shape index (κ3) is 1.57. The minimum absolute atomic E-state index is 0.162. The zero-order chi connectivity index (χ0) is 11.2. The van der Waals surface area contributed by atoms with Crippen LogP contribution in [0.1, 0.15) is 18.4 Å². The van der Waals surface area contributed by atoms with Crippen LogP contribution in [0.4, 0.5) is 0 Å². The Bertz CT molecular complexity index is 462. The van der Waals surface area contributed by atoms with Crippen LogP contribution in [0.5, 0.6) is 0 Å². The van der Waals surface area contributed by atoms with E-state index in [1.807, 2.05) is 24.3 Å². The van der Waals surface area contributed by atoms with Gasteiger partial charge < -0.3 is 0 Å². The molecule has 1 aliphatic carbocycles. The minimum Gasteiger partial charge on any atom is -0.297 e. The summed E-state index contributed by atoms with van der Waals surface area (Å²) in [6.45, 7) is 0.622. The molecule has 0 radical (unpaired) electrons. The summed E-state index contributed by atoms with van der Waals surface area (Å²) < 4.78 is 1.05. The lowest BCUT2D eigenvalue weighted by Crippen LogP contribution is -2.31. The van der Waals surface area contributed by atoms with Gasteiger partial charge in [0.15, 0.2) is 0 Å². The third-order valence-corrected chi connectivity index (χ3v) is 3.62. The van der Waals surface area contributed by atoms with Crippen molar-refractivity contribution in [2.75, 3.05) is 0 Å². The number of amides is 1. The van der Waals surface area contributed by atoms with Crippen LogP contribution in [0, 0.1) is 0 Å². The maximum Gasteiger partial charge on any atom is 0.255 e. The van der Waals surface area contributed by atoms with Crippen LogP contribution in [0.15, 0.2) is 33.7 Å². The third-order valence-electron chi connectivity index (χ3n) is 3.09. The molecule has 1 heterocycles. The molecule has 0 bridgehead atoms. The molecule has 3 rings (SSSR count). The molecule has 0 atom stereocenters. The minimum atomic E-state index is -0.352. The standard InChI is InChI=1S/C12H11BrN2O/c13-10-3-1-9(2-4-10)7-15-8-14-12(5-6-12)11(15)16/h1-4,8H,5-7H2. The normalized spacial score (nSPS) is 20.8. The molecule has 1 aromatic carbocycles. The van der Waals surface area contributed by atoms with Gasteiger partial charge in [0.2, 0.25) is 0 Å². The fourth-order valence-corrected chi connectivity index (χ4v) is 2.18. The molecule has 1 aliphatic heterocycles. The Morgan fingerprint density at radius 1 is 1.31 bits per heavy atom. The molecule has 0 saturated heterocycles. The van der Waals surface area contributed by atoms with Crippen LogP contribution < -0.4 is 0 Å². The van der Waals surface area contributed by atoms with E-state index in [0.717, 1.165) is 22.9 Å². The van der Waals surface area contributed by atoms with Crippen molar-refractivity contribution >= 4 is 28.2 Å². The predicted molar refractivity (Wildman–Crippen MR) is 65.1 cm³/mol. The molecule has 0 unspecified atom stereocenters. The van der Waals surface area contributed by atoms with Gasteiger partial charge >= 0.3 is 0 Å². The van der Waals surface area contributed by atoms with Gasteiger partial charge in [-0.25, -0.2) is 0 Å². The van der Waals surface area contributed by atoms with Crippen LogP contribution >= 0.6 is 15.9 Å². The first-order chi connectivity index (χ1) is 7.70. The highest BCUT2D eigenvalue weighted by Gasteiger charge is 2.54. The zero-order valence-electron chi connectivity index (χ0n) is 8.69. The highest BCUT2D eigenvalue weighted by molar-refractivity contribution is 9.10. The molecule has 2 aliphatic rings. The first-order valence-electron chi connectivity index (χ1n) is 5.30. The topological polar surface area (TPSA) is 32.7 Å². The Morgan fingerprint density at radius 2 is 2.00 bits per heavy atom. The quantitative estimate of drug-likeness (QED) is 0.818. The van der Waals surface area contributed by atoms with Crippen LogP contribution in [0.2, 0.25) is 0 Å². The van der Waals surface area contributed by atoms with Gasteiger partial charge in [-0.15, -0.1) is 0 Å². The summed E-state index contributed by atoms with van der Waals surface area (Å²) in [7, 11) is 0. The second-order valence-electron chi connectivity index (χ2n) is 4.34. The average molecular weight is 279 g/mol. The van der Waals surface area contributed by atoms with Crippen LogP contribution in [0.3, 0.4) is 0 Å². The Labute approximate surface area is 102 Å². The van der Waals surface area contributed by atoms with Crippen molar-refractivity contribution in [2.45, 2.75) is 24.9 Å². The number of halogens is 1.